The Hall–Kier alpha value is -2.08. The molecule has 4 N–H and O–H groups in total. The van der Waals surface area contributed by atoms with Gasteiger partial charge in [0, 0.05) is 13.1 Å². The lowest BCUT2D eigenvalue weighted by atomic mass is 10.1. The average Bonchev–Trinajstić information content (AvgIpc) is 2.68. The molecule has 6 nitrogen and oxygen atoms in total. The van der Waals surface area contributed by atoms with Crippen molar-refractivity contribution in [1.82, 2.24) is 10.6 Å². The average molecular weight is 291 g/mol. The van der Waals surface area contributed by atoms with Crippen molar-refractivity contribution in [2.75, 3.05) is 13.2 Å². The number of rotatable bonds is 6. The van der Waals surface area contributed by atoms with Gasteiger partial charge in [-0.1, -0.05) is 12.1 Å². The fraction of sp³-hybridized carbons (Fsp3) is 0.467. The van der Waals surface area contributed by atoms with E-state index in [2.05, 4.69) is 10.6 Å². The van der Waals surface area contributed by atoms with Crippen LogP contribution < -0.4 is 21.1 Å². The monoisotopic (exact) mass is 291 g/mol. The molecule has 21 heavy (non-hydrogen) atoms. The molecule has 114 valence electrons. The van der Waals surface area contributed by atoms with Gasteiger partial charge in [0.15, 0.2) is 6.61 Å². The molecule has 0 spiro atoms. The Labute approximate surface area is 124 Å². The third kappa shape index (κ3) is 5.07. The lowest BCUT2D eigenvalue weighted by Crippen LogP contribution is -2.42. The van der Waals surface area contributed by atoms with E-state index in [9.17, 15) is 9.59 Å². The van der Waals surface area contributed by atoms with E-state index >= 15 is 0 Å². The minimum absolute atomic E-state index is 0.0777. The van der Waals surface area contributed by atoms with Crippen molar-refractivity contribution in [3.8, 4) is 5.75 Å². The van der Waals surface area contributed by atoms with E-state index in [4.69, 9.17) is 10.5 Å². The Bertz CT molecular complexity index is 487. The van der Waals surface area contributed by atoms with Crippen LogP contribution in [0.5, 0.6) is 5.75 Å². The van der Waals surface area contributed by atoms with Crippen LogP contribution >= 0.6 is 0 Å². The molecule has 1 unspecified atom stereocenters. The van der Waals surface area contributed by atoms with E-state index in [-0.39, 0.29) is 18.6 Å². The van der Waals surface area contributed by atoms with E-state index in [1.165, 1.54) is 0 Å². The van der Waals surface area contributed by atoms with Gasteiger partial charge in [0.25, 0.3) is 5.91 Å². The largest absolute Gasteiger partial charge is 0.484 e. The molecular formula is C15H21N3O3. The first kappa shape index (κ1) is 15.3. The van der Waals surface area contributed by atoms with Crippen molar-refractivity contribution < 1.29 is 14.3 Å². The number of nitrogens with one attached hydrogen (secondary N) is 2. The molecule has 1 atom stereocenters. The molecule has 2 amide bonds. The molecule has 1 aliphatic rings. The Morgan fingerprint density at radius 1 is 1.33 bits per heavy atom. The second kappa shape index (κ2) is 7.64. The summed E-state index contributed by atoms with van der Waals surface area (Å²) in [5.74, 6) is 0.179. The summed E-state index contributed by atoms with van der Waals surface area (Å²) in [6, 6.07) is 7.24. The van der Waals surface area contributed by atoms with Gasteiger partial charge in [-0.3, -0.25) is 9.59 Å². The minimum atomic E-state index is -0.500. The lowest BCUT2D eigenvalue weighted by molar-refractivity contribution is -0.123. The number of amides is 2. The highest BCUT2D eigenvalue weighted by atomic mass is 16.5. The van der Waals surface area contributed by atoms with Gasteiger partial charge in [0.05, 0.1) is 6.04 Å². The fourth-order valence-corrected chi connectivity index (χ4v) is 2.23. The van der Waals surface area contributed by atoms with Crippen molar-refractivity contribution in [2.24, 2.45) is 5.73 Å². The molecule has 6 heteroatoms. The summed E-state index contributed by atoms with van der Waals surface area (Å²) in [6.45, 7) is 1.26. The summed E-state index contributed by atoms with van der Waals surface area (Å²) < 4.78 is 5.19. The SMILES string of the molecule is NC(=O)COc1ccc(CNC2CCCCNC2=O)cc1. The number of ether oxygens (including phenoxy) is 1. The Balaban J connectivity index is 1.82. The molecule has 2 rings (SSSR count). The fourth-order valence-electron chi connectivity index (χ4n) is 2.23. The van der Waals surface area contributed by atoms with Crippen LogP contribution in [0, 0.1) is 0 Å². The van der Waals surface area contributed by atoms with Gasteiger partial charge < -0.3 is 21.1 Å². The number of benzene rings is 1. The Kier molecular flexibility index (Phi) is 5.57. The summed E-state index contributed by atoms with van der Waals surface area (Å²) in [5.41, 5.74) is 6.07. The van der Waals surface area contributed by atoms with E-state index in [1.807, 2.05) is 12.1 Å². The molecule has 1 saturated heterocycles. The van der Waals surface area contributed by atoms with Gasteiger partial charge in [-0.25, -0.2) is 0 Å². The van der Waals surface area contributed by atoms with Gasteiger partial charge in [0.1, 0.15) is 5.75 Å². The summed E-state index contributed by atoms with van der Waals surface area (Å²) >= 11 is 0. The molecule has 1 aromatic carbocycles. The van der Waals surface area contributed by atoms with E-state index in [0.717, 1.165) is 31.4 Å². The zero-order chi connectivity index (χ0) is 15.1. The minimum Gasteiger partial charge on any atom is -0.484 e. The third-order valence-corrected chi connectivity index (χ3v) is 3.39. The molecule has 0 saturated carbocycles. The number of carbonyl (C=O) groups excluding carboxylic acids is 2. The van der Waals surface area contributed by atoms with Crippen LogP contribution in [0.25, 0.3) is 0 Å². The highest BCUT2D eigenvalue weighted by molar-refractivity contribution is 5.81. The first-order chi connectivity index (χ1) is 10.1. The molecule has 0 radical (unpaired) electrons. The normalized spacial score (nSPS) is 18.7. The first-order valence-electron chi connectivity index (χ1n) is 7.16. The maximum atomic E-state index is 11.8. The summed E-state index contributed by atoms with van der Waals surface area (Å²) in [7, 11) is 0. The molecule has 1 heterocycles. The number of nitrogens with two attached hydrogens (primary N) is 1. The molecule has 0 aliphatic carbocycles. The number of carbonyl (C=O) groups is 2. The van der Waals surface area contributed by atoms with Crippen LogP contribution in [-0.2, 0) is 16.1 Å². The molecule has 1 aromatic rings. The lowest BCUT2D eigenvalue weighted by Gasteiger charge is -2.15. The number of hydrogen-bond acceptors (Lipinski definition) is 4. The summed E-state index contributed by atoms with van der Waals surface area (Å²) in [6.07, 6.45) is 2.96. The second-order valence-electron chi connectivity index (χ2n) is 5.12. The quantitative estimate of drug-likeness (QED) is 0.703. The van der Waals surface area contributed by atoms with Crippen LogP contribution in [-0.4, -0.2) is 31.0 Å². The van der Waals surface area contributed by atoms with E-state index < -0.39 is 5.91 Å². The molecule has 0 bridgehead atoms. The van der Waals surface area contributed by atoms with Crippen molar-refractivity contribution in [1.29, 1.82) is 0 Å². The maximum Gasteiger partial charge on any atom is 0.255 e. The molecule has 0 aromatic heterocycles. The molecular weight excluding hydrogens is 270 g/mol. The van der Waals surface area contributed by atoms with Crippen LogP contribution in [0.15, 0.2) is 24.3 Å². The predicted molar refractivity (Wildman–Crippen MR) is 78.6 cm³/mol. The number of primary amides is 1. The first-order valence-corrected chi connectivity index (χ1v) is 7.16. The van der Waals surface area contributed by atoms with Crippen molar-refractivity contribution in [3.63, 3.8) is 0 Å². The van der Waals surface area contributed by atoms with Gasteiger partial charge in [-0.15, -0.1) is 0 Å². The summed E-state index contributed by atoms with van der Waals surface area (Å²) in [4.78, 5) is 22.4. The van der Waals surface area contributed by atoms with E-state index in [1.54, 1.807) is 12.1 Å². The van der Waals surface area contributed by atoms with Crippen LogP contribution in [0.2, 0.25) is 0 Å². The van der Waals surface area contributed by atoms with Crippen LogP contribution in [0.1, 0.15) is 24.8 Å². The van der Waals surface area contributed by atoms with Gasteiger partial charge in [0.2, 0.25) is 5.91 Å². The number of hydrogen-bond donors (Lipinski definition) is 3. The maximum absolute atomic E-state index is 11.8. The van der Waals surface area contributed by atoms with Crippen LogP contribution in [0.3, 0.4) is 0 Å². The standard InChI is InChI=1S/C15H21N3O3/c16-14(19)10-21-12-6-4-11(5-7-12)9-18-13-3-1-2-8-17-15(13)20/h4-7,13,18H,1-3,8-10H2,(H2,16,19)(H,17,20). The second-order valence-corrected chi connectivity index (χ2v) is 5.12. The highest BCUT2D eigenvalue weighted by Crippen LogP contribution is 2.13. The zero-order valence-electron chi connectivity index (χ0n) is 11.9. The van der Waals surface area contributed by atoms with Gasteiger partial charge in [-0.05, 0) is 37.0 Å². The van der Waals surface area contributed by atoms with Crippen molar-refractivity contribution >= 4 is 11.8 Å². The Morgan fingerprint density at radius 2 is 2.10 bits per heavy atom. The van der Waals surface area contributed by atoms with Gasteiger partial charge in [-0.2, -0.15) is 0 Å². The predicted octanol–water partition coefficient (Wildman–Crippen LogP) is 0.309. The topological polar surface area (TPSA) is 93.5 Å². The smallest absolute Gasteiger partial charge is 0.255 e. The Morgan fingerprint density at radius 3 is 2.81 bits per heavy atom. The highest BCUT2D eigenvalue weighted by Gasteiger charge is 2.19. The van der Waals surface area contributed by atoms with Crippen LogP contribution in [0.4, 0.5) is 0 Å². The summed E-state index contributed by atoms with van der Waals surface area (Å²) in [5, 5.41) is 6.17. The van der Waals surface area contributed by atoms with Crippen molar-refractivity contribution in [2.45, 2.75) is 31.8 Å². The van der Waals surface area contributed by atoms with Crippen molar-refractivity contribution in [3.05, 3.63) is 29.8 Å². The van der Waals surface area contributed by atoms with Gasteiger partial charge >= 0.3 is 0 Å². The molecule has 1 aliphatic heterocycles. The zero-order valence-corrected chi connectivity index (χ0v) is 11.9. The third-order valence-electron chi connectivity index (χ3n) is 3.39. The molecule has 1 fully saturated rings. The van der Waals surface area contributed by atoms with E-state index in [0.29, 0.717) is 12.3 Å².